The van der Waals surface area contributed by atoms with E-state index in [1.807, 2.05) is 32.0 Å². The van der Waals surface area contributed by atoms with Gasteiger partial charge in [0, 0.05) is 18.4 Å². The van der Waals surface area contributed by atoms with Crippen LogP contribution in [0, 0.1) is 11.6 Å². The number of rotatable bonds is 7. The van der Waals surface area contributed by atoms with Crippen LogP contribution < -0.4 is 9.47 Å². The Morgan fingerprint density at radius 2 is 1.93 bits per heavy atom. The number of fused-ring (bicyclic) bond motifs is 1. The minimum atomic E-state index is -0.776. The first-order valence-corrected chi connectivity index (χ1v) is 9.39. The predicted molar refractivity (Wildman–Crippen MR) is 102 cm³/mol. The number of carbonyl (C=O) groups excluding carboxylic acids is 1. The molecule has 0 aliphatic carbocycles. The first kappa shape index (κ1) is 20.1. The zero-order valence-electron chi connectivity index (χ0n) is 16.3. The summed E-state index contributed by atoms with van der Waals surface area (Å²) in [4.78, 5) is 11.3. The number of ether oxygens (including phenoxy) is 3. The number of benzene rings is 2. The van der Waals surface area contributed by atoms with Crippen LogP contribution in [0.3, 0.4) is 0 Å². The molecule has 0 spiro atoms. The number of hydrogen-bond acceptors (Lipinski definition) is 4. The van der Waals surface area contributed by atoms with Crippen molar-refractivity contribution < 1.29 is 27.8 Å². The molecular weight excluding hydrogens is 366 g/mol. The molecule has 0 radical (unpaired) electrons. The van der Waals surface area contributed by atoms with Crippen LogP contribution in [0.15, 0.2) is 30.3 Å². The molecule has 0 N–H and O–H groups in total. The quantitative estimate of drug-likeness (QED) is 0.489. The summed E-state index contributed by atoms with van der Waals surface area (Å²) in [5.74, 6) is -1.60. The lowest BCUT2D eigenvalue weighted by molar-refractivity contribution is -0.143. The van der Waals surface area contributed by atoms with Crippen molar-refractivity contribution in [3.63, 3.8) is 0 Å². The lowest BCUT2D eigenvalue weighted by Gasteiger charge is -2.16. The van der Waals surface area contributed by atoms with Crippen molar-refractivity contribution in [3.8, 4) is 22.6 Å². The fourth-order valence-corrected chi connectivity index (χ4v) is 3.35. The molecule has 1 aliphatic rings. The summed E-state index contributed by atoms with van der Waals surface area (Å²) >= 11 is 0. The lowest BCUT2D eigenvalue weighted by atomic mass is 9.93. The van der Waals surface area contributed by atoms with Crippen LogP contribution in [0.4, 0.5) is 8.78 Å². The number of hydrogen-bond donors (Lipinski definition) is 0. The van der Waals surface area contributed by atoms with E-state index in [1.165, 1.54) is 12.1 Å². The summed E-state index contributed by atoms with van der Waals surface area (Å²) in [6, 6.07) is 8.04. The van der Waals surface area contributed by atoms with Crippen LogP contribution >= 0.6 is 0 Å². The van der Waals surface area contributed by atoms with Crippen LogP contribution in [0.5, 0.6) is 11.5 Å². The van der Waals surface area contributed by atoms with E-state index in [2.05, 4.69) is 0 Å². The molecule has 1 aliphatic heterocycles. The van der Waals surface area contributed by atoms with E-state index < -0.39 is 17.4 Å². The minimum Gasteiger partial charge on any atom is -0.488 e. The summed E-state index contributed by atoms with van der Waals surface area (Å²) in [5.41, 5.74) is 1.77. The van der Waals surface area contributed by atoms with Gasteiger partial charge >= 0.3 is 5.97 Å². The Balaban J connectivity index is 1.75. The summed E-state index contributed by atoms with van der Waals surface area (Å²) < 4.78 is 45.0. The summed E-state index contributed by atoms with van der Waals surface area (Å²) in [6.07, 6.45) is 1.12. The standard InChI is InChI=1S/C22H24F2O4/c1-4-26-20(25)9-6-10-27-21-17(23)11-14(12-18(21)24)15-7-5-8-19-16(15)13-22(2,3)28-19/h5,7-8,11-12H,4,6,9-10,13H2,1-3H3. The Kier molecular flexibility index (Phi) is 5.87. The predicted octanol–water partition coefficient (Wildman–Crippen LogP) is 5.07. The van der Waals surface area contributed by atoms with E-state index >= 15 is 0 Å². The van der Waals surface area contributed by atoms with Crippen molar-refractivity contribution in [3.05, 3.63) is 47.5 Å². The van der Waals surface area contributed by atoms with Crippen molar-refractivity contribution in [1.29, 1.82) is 0 Å². The second-order valence-corrected chi connectivity index (χ2v) is 7.35. The summed E-state index contributed by atoms with van der Waals surface area (Å²) in [6.45, 7) is 6.00. The highest BCUT2D eigenvalue weighted by Crippen LogP contribution is 2.41. The average Bonchev–Trinajstić information content (AvgIpc) is 2.94. The fourth-order valence-electron chi connectivity index (χ4n) is 3.35. The largest absolute Gasteiger partial charge is 0.488 e. The van der Waals surface area contributed by atoms with Gasteiger partial charge in [0.2, 0.25) is 0 Å². The van der Waals surface area contributed by atoms with Gasteiger partial charge < -0.3 is 14.2 Å². The highest BCUT2D eigenvalue weighted by Gasteiger charge is 2.32. The monoisotopic (exact) mass is 390 g/mol. The van der Waals surface area contributed by atoms with E-state index in [9.17, 15) is 13.6 Å². The molecule has 2 aromatic carbocycles. The van der Waals surface area contributed by atoms with Gasteiger partial charge in [-0.05, 0) is 56.5 Å². The van der Waals surface area contributed by atoms with Crippen molar-refractivity contribution in [2.24, 2.45) is 0 Å². The van der Waals surface area contributed by atoms with Gasteiger partial charge in [0.25, 0.3) is 0 Å². The zero-order valence-corrected chi connectivity index (χ0v) is 16.3. The van der Waals surface area contributed by atoms with Gasteiger partial charge in [-0.25, -0.2) is 8.78 Å². The van der Waals surface area contributed by atoms with E-state index in [0.29, 0.717) is 25.0 Å². The first-order valence-electron chi connectivity index (χ1n) is 9.39. The van der Waals surface area contributed by atoms with Gasteiger partial charge in [0.05, 0.1) is 13.2 Å². The Hall–Kier alpha value is -2.63. The molecule has 0 amide bonds. The van der Waals surface area contributed by atoms with Crippen LogP contribution in [0.25, 0.3) is 11.1 Å². The van der Waals surface area contributed by atoms with Crippen LogP contribution in [0.2, 0.25) is 0 Å². The van der Waals surface area contributed by atoms with Gasteiger partial charge in [0.1, 0.15) is 11.4 Å². The lowest BCUT2D eigenvalue weighted by Crippen LogP contribution is -2.24. The van der Waals surface area contributed by atoms with Crippen molar-refractivity contribution >= 4 is 5.97 Å². The Labute approximate surface area is 163 Å². The Morgan fingerprint density at radius 1 is 1.21 bits per heavy atom. The van der Waals surface area contributed by atoms with Gasteiger partial charge in [-0.1, -0.05) is 12.1 Å². The highest BCUT2D eigenvalue weighted by atomic mass is 19.1. The van der Waals surface area contributed by atoms with Gasteiger partial charge in [-0.3, -0.25) is 4.79 Å². The minimum absolute atomic E-state index is 0.0226. The van der Waals surface area contributed by atoms with Crippen LogP contribution in [-0.4, -0.2) is 24.8 Å². The van der Waals surface area contributed by atoms with Gasteiger partial charge in [-0.2, -0.15) is 0 Å². The smallest absolute Gasteiger partial charge is 0.305 e. The molecule has 6 heteroatoms. The topological polar surface area (TPSA) is 44.8 Å². The molecule has 3 rings (SSSR count). The van der Waals surface area contributed by atoms with E-state index in [1.54, 1.807) is 6.92 Å². The van der Waals surface area contributed by atoms with Crippen molar-refractivity contribution in [2.75, 3.05) is 13.2 Å². The molecular formula is C22H24F2O4. The zero-order chi connectivity index (χ0) is 20.3. The second-order valence-electron chi connectivity index (χ2n) is 7.35. The third-order valence-corrected chi connectivity index (χ3v) is 4.51. The molecule has 0 atom stereocenters. The molecule has 0 aromatic heterocycles. The summed E-state index contributed by atoms with van der Waals surface area (Å²) in [5, 5.41) is 0. The molecule has 28 heavy (non-hydrogen) atoms. The Bertz CT molecular complexity index is 854. The SMILES string of the molecule is CCOC(=O)CCCOc1c(F)cc(-c2cccc3c2CC(C)(C)O3)cc1F. The van der Waals surface area contributed by atoms with Crippen molar-refractivity contribution in [2.45, 2.75) is 45.6 Å². The maximum absolute atomic E-state index is 14.5. The number of halogens is 2. The number of esters is 1. The first-order chi connectivity index (χ1) is 13.3. The number of carbonyl (C=O) groups is 1. The van der Waals surface area contributed by atoms with E-state index in [4.69, 9.17) is 14.2 Å². The van der Waals surface area contributed by atoms with Crippen LogP contribution in [-0.2, 0) is 16.0 Å². The summed E-state index contributed by atoms with van der Waals surface area (Å²) in [7, 11) is 0. The van der Waals surface area contributed by atoms with Crippen molar-refractivity contribution in [1.82, 2.24) is 0 Å². The fraction of sp³-hybridized carbons (Fsp3) is 0.409. The molecule has 0 bridgehead atoms. The highest BCUT2D eigenvalue weighted by molar-refractivity contribution is 5.72. The molecule has 1 heterocycles. The molecule has 0 fully saturated rings. The third-order valence-electron chi connectivity index (χ3n) is 4.51. The molecule has 4 nitrogen and oxygen atoms in total. The normalized spacial score (nSPS) is 14.3. The van der Waals surface area contributed by atoms with E-state index in [-0.39, 0.29) is 24.6 Å². The van der Waals surface area contributed by atoms with Crippen LogP contribution in [0.1, 0.15) is 39.2 Å². The van der Waals surface area contributed by atoms with E-state index in [0.717, 1.165) is 16.9 Å². The molecule has 2 aromatic rings. The van der Waals surface area contributed by atoms with Gasteiger partial charge in [-0.15, -0.1) is 0 Å². The third kappa shape index (κ3) is 4.43. The molecule has 0 unspecified atom stereocenters. The molecule has 150 valence electrons. The maximum atomic E-state index is 14.5. The average molecular weight is 390 g/mol. The Morgan fingerprint density at radius 3 is 2.61 bits per heavy atom. The maximum Gasteiger partial charge on any atom is 0.305 e. The molecule has 0 saturated carbocycles. The second kappa shape index (κ2) is 8.17. The van der Waals surface area contributed by atoms with Gasteiger partial charge in [0.15, 0.2) is 17.4 Å². The molecule has 0 saturated heterocycles.